The van der Waals surface area contributed by atoms with Crippen LogP contribution in [0, 0.1) is 5.92 Å². The Hall–Kier alpha value is -1.84. The SMILES string of the molecule is CCCCN(CCCC)c1cc(C(=O)O)cc(S(N)(=O)=O)c1OCC1CCCNC1. The van der Waals surface area contributed by atoms with Gasteiger partial charge in [0.15, 0.2) is 5.75 Å². The van der Waals surface area contributed by atoms with Crippen molar-refractivity contribution in [3.05, 3.63) is 17.7 Å². The summed E-state index contributed by atoms with van der Waals surface area (Å²) in [6.07, 6.45) is 5.77. The molecule has 0 aliphatic carbocycles. The molecule has 1 heterocycles. The van der Waals surface area contributed by atoms with Crippen LogP contribution in [-0.4, -0.2) is 52.3 Å². The molecule has 1 aliphatic rings. The van der Waals surface area contributed by atoms with Crippen LogP contribution in [0.3, 0.4) is 0 Å². The maximum atomic E-state index is 12.4. The van der Waals surface area contributed by atoms with Crippen molar-refractivity contribution in [1.82, 2.24) is 5.32 Å². The van der Waals surface area contributed by atoms with E-state index in [4.69, 9.17) is 9.88 Å². The number of nitrogens with one attached hydrogen (secondary N) is 1. The molecule has 9 heteroatoms. The topological polar surface area (TPSA) is 122 Å². The van der Waals surface area contributed by atoms with Gasteiger partial charge in [0.1, 0.15) is 4.90 Å². The minimum atomic E-state index is -4.17. The molecule has 0 aromatic heterocycles. The highest BCUT2D eigenvalue weighted by Gasteiger charge is 2.26. The largest absolute Gasteiger partial charge is 0.490 e. The lowest BCUT2D eigenvalue weighted by Crippen LogP contribution is -2.33. The molecular weight excluding hydrogens is 406 g/mol. The number of unbranched alkanes of at least 4 members (excludes halogenated alkanes) is 2. The highest BCUT2D eigenvalue weighted by atomic mass is 32.2. The molecule has 1 aliphatic heterocycles. The molecule has 1 atom stereocenters. The standard InChI is InChI=1S/C21H35N3O5S/c1-3-5-10-24(11-6-4-2)18-12-17(21(25)26)13-19(30(22,27)28)20(18)29-15-16-8-7-9-23-14-16/h12-13,16,23H,3-11,14-15H2,1-2H3,(H,25,26)(H2,22,27,28). The first kappa shape index (κ1) is 24.4. The van der Waals surface area contributed by atoms with Crippen LogP contribution in [0.5, 0.6) is 5.75 Å². The molecule has 8 nitrogen and oxygen atoms in total. The molecule has 0 bridgehead atoms. The third-order valence-corrected chi connectivity index (χ3v) is 6.27. The molecule has 0 amide bonds. The molecule has 30 heavy (non-hydrogen) atoms. The van der Waals surface area contributed by atoms with Gasteiger partial charge in [0.25, 0.3) is 0 Å². The Morgan fingerprint density at radius 1 is 1.27 bits per heavy atom. The van der Waals surface area contributed by atoms with Crippen LogP contribution in [0.1, 0.15) is 62.7 Å². The first-order valence-corrected chi connectivity index (χ1v) is 12.3. The number of sulfonamides is 1. The van der Waals surface area contributed by atoms with Gasteiger partial charge in [-0.15, -0.1) is 0 Å². The molecule has 2 rings (SSSR count). The van der Waals surface area contributed by atoms with E-state index in [-0.39, 0.29) is 22.1 Å². The summed E-state index contributed by atoms with van der Waals surface area (Å²) in [7, 11) is -4.17. The Morgan fingerprint density at radius 2 is 1.93 bits per heavy atom. The van der Waals surface area contributed by atoms with Gasteiger partial charge in [-0.1, -0.05) is 26.7 Å². The number of rotatable bonds is 12. The van der Waals surface area contributed by atoms with Crippen molar-refractivity contribution in [3.63, 3.8) is 0 Å². The number of anilines is 1. The zero-order chi connectivity index (χ0) is 22.1. The van der Waals surface area contributed by atoms with E-state index >= 15 is 0 Å². The monoisotopic (exact) mass is 441 g/mol. The van der Waals surface area contributed by atoms with Crippen molar-refractivity contribution in [2.75, 3.05) is 37.7 Å². The number of piperidine rings is 1. The lowest BCUT2D eigenvalue weighted by Gasteiger charge is -2.29. The number of nitrogens with two attached hydrogens (primary N) is 1. The molecule has 1 unspecified atom stereocenters. The summed E-state index contributed by atoms with van der Waals surface area (Å²) >= 11 is 0. The van der Waals surface area contributed by atoms with Crippen molar-refractivity contribution in [1.29, 1.82) is 0 Å². The summed E-state index contributed by atoms with van der Waals surface area (Å²) in [6.45, 7) is 7.66. The first-order valence-electron chi connectivity index (χ1n) is 10.8. The highest BCUT2D eigenvalue weighted by molar-refractivity contribution is 7.89. The summed E-state index contributed by atoms with van der Waals surface area (Å²) in [6, 6.07) is 2.62. The van der Waals surface area contributed by atoms with E-state index in [1.165, 1.54) is 6.07 Å². The molecule has 1 fully saturated rings. The van der Waals surface area contributed by atoms with Crippen LogP contribution in [0.4, 0.5) is 5.69 Å². The number of aromatic carboxylic acids is 1. The molecule has 1 saturated heterocycles. The number of hydrogen-bond acceptors (Lipinski definition) is 6. The number of primary sulfonamides is 1. The molecule has 1 aromatic rings. The first-order chi connectivity index (χ1) is 14.3. The van der Waals surface area contributed by atoms with Crippen LogP contribution in [0.25, 0.3) is 0 Å². The molecule has 170 valence electrons. The number of ether oxygens (including phenoxy) is 1. The predicted molar refractivity (Wildman–Crippen MR) is 118 cm³/mol. The Labute approximate surface area is 179 Å². The Bertz CT molecular complexity index is 799. The number of carbonyl (C=O) groups is 1. The summed E-state index contributed by atoms with van der Waals surface area (Å²) in [5.41, 5.74) is 0.378. The van der Waals surface area contributed by atoms with E-state index in [2.05, 4.69) is 19.2 Å². The smallest absolute Gasteiger partial charge is 0.335 e. The van der Waals surface area contributed by atoms with Crippen LogP contribution in [0.15, 0.2) is 17.0 Å². The molecular formula is C21H35N3O5S. The average molecular weight is 442 g/mol. The normalized spacial score (nSPS) is 17.0. The van der Waals surface area contributed by atoms with E-state index in [1.54, 1.807) is 0 Å². The highest BCUT2D eigenvalue weighted by Crippen LogP contribution is 2.37. The second-order valence-electron chi connectivity index (χ2n) is 7.89. The van der Waals surface area contributed by atoms with E-state index in [9.17, 15) is 18.3 Å². The molecule has 0 saturated carbocycles. The maximum absolute atomic E-state index is 12.4. The number of carboxylic acids is 1. The van der Waals surface area contributed by atoms with E-state index in [1.807, 2.05) is 4.90 Å². The molecule has 0 spiro atoms. The van der Waals surface area contributed by atoms with E-state index < -0.39 is 16.0 Å². The fourth-order valence-electron chi connectivity index (χ4n) is 3.62. The number of benzene rings is 1. The van der Waals surface area contributed by atoms with Gasteiger partial charge >= 0.3 is 5.97 Å². The van der Waals surface area contributed by atoms with Crippen LogP contribution in [0.2, 0.25) is 0 Å². The Kier molecular flexibility index (Phi) is 9.38. The summed E-state index contributed by atoms with van der Waals surface area (Å²) in [5.74, 6) is -0.769. The van der Waals surface area contributed by atoms with Crippen molar-refractivity contribution in [2.45, 2.75) is 57.3 Å². The summed E-state index contributed by atoms with van der Waals surface area (Å²) in [5, 5.41) is 18.3. The summed E-state index contributed by atoms with van der Waals surface area (Å²) in [4.78, 5) is 13.5. The second-order valence-corrected chi connectivity index (χ2v) is 9.42. The minimum Gasteiger partial charge on any atom is -0.490 e. The zero-order valence-corrected chi connectivity index (χ0v) is 18.8. The number of nitrogens with zero attached hydrogens (tertiary/aromatic N) is 1. The average Bonchev–Trinajstić information content (AvgIpc) is 2.72. The van der Waals surface area contributed by atoms with Gasteiger partial charge in [-0.3, -0.25) is 0 Å². The zero-order valence-electron chi connectivity index (χ0n) is 18.0. The van der Waals surface area contributed by atoms with Crippen LogP contribution >= 0.6 is 0 Å². The van der Waals surface area contributed by atoms with Gasteiger partial charge in [0.05, 0.1) is 17.9 Å². The van der Waals surface area contributed by atoms with Gasteiger partial charge in [-0.25, -0.2) is 18.4 Å². The van der Waals surface area contributed by atoms with E-state index in [0.717, 1.165) is 57.7 Å². The minimum absolute atomic E-state index is 0.112. The van der Waals surface area contributed by atoms with Crippen molar-refractivity contribution in [2.24, 2.45) is 11.1 Å². The Balaban J connectivity index is 2.52. The lowest BCUT2D eigenvalue weighted by atomic mass is 10.0. The Morgan fingerprint density at radius 3 is 2.43 bits per heavy atom. The second kappa shape index (κ2) is 11.5. The third-order valence-electron chi connectivity index (χ3n) is 5.35. The van der Waals surface area contributed by atoms with Crippen LogP contribution < -0.4 is 20.1 Å². The fourth-order valence-corrected chi connectivity index (χ4v) is 4.33. The van der Waals surface area contributed by atoms with Crippen molar-refractivity contribution < 1.29 is 23.1 Å². The molecule has 1 aromatic carbocycles. The van der Waals surface area contributed by atoms with Gasteiger partial charge < -0.3 is 20.1 Å². The van der Waals surface area contributed by atoms with Crippen molar-refractivity contribution >= 4 is 21.7 Å². The van der Waals surface area contributed by atoms with Gasteiger partial charge in [-0.05, 0) is 44.4 Å². The quantitative estimate of drug-likeness (QED) is 0.456. The van der Waals surface area contributed by atoms with Gasteiger partial charge in [-0.2, -0.15) is 0 Å². The van der Waals surface area contributed by atoms with Gasteiger partial charge in [0.2, 0.25) is 10.0 Å². The third kappa shape index (κ3) is 6.85. The number of carboxylic acid groups (broad SMARTS) is 1. The fraction of sp³-hybridized carbons (Fsp3) is 0.667. The molecule has 0 radical (unpaired) electrons. The number of hydrogen-bond donors (Lipinski definition) is 3. The van der Waals surface area contributed by atoms with Gasteiger partial charge in [0, 0.05) is 25.6 Å². The summed E-state index contributed by atoms with van der Waals surface area (Å²) < 4.78 is 30.8. The molecule has 4 N–H and O–H groups in total. The maximum Gasteiger partial charge on any atom is 0.335 e. The van der Waals surface area contributed by atoms with Crippen molar-refractivity contribution in [3.8, 4) is 5.75 Å². The lowest BCUT2D eigenvalue weighted by molar-refractivity contribution is 0.0696. The predicted octanol–water partition coefficient (Wildman–Crippen LogP) is 2.82. The van der Waals surface area contributed by atoms with E-state index in [0.29, 0.717) is 25.4 Å². The van der Waals surface area contributed by atoms with Crippen LogP contribution in [-0.2, 0) is 10.0 Å².